The molecular weight excluding hydrogens is 182 g/mol. The summed E-state index contributed by atoms with van der Waals surface area (Å²) in [4.78, 5) is 4.14. The van der Waals surface area contributed by atoms with Crippen LogP contribution in [0.4, 0.5) is 0 Å². The van der Waals surface area contributed by atoms with E-state index in [0.29, 0.717) is 11.7 Å². The molecule has 2 rings (SSSR count). The molecule has 1 unspecified atom stereocenters. The maximum Gasteiger partial charge on any atom is 0.255 e. The molecule has 0 saturated carbocycles. The van der Waals surface area contributed by atoms with Crippen molar-refractivity contribution in [2.75, 3.05) is 6.54 Å². The van der Waals surface area contributed by atoms with Crippen LogP contribution in [-0.4, -0.2) is 21.8 Å². The Morgan fingerprint density at radius 3 is 3.00 bits per heavy atom. The summed E-state index contributed by atoms with van der Waals surface area (Å²) in [6.07, 6.45) is 2.76. The molecule has 1 aliphatic heterocycles. The topological polar surface area (TPSA) is 71.2 Å². The van der Waals surface area contributed by atoms with Gasteiger partial charge in [0.2, 0.25) is 0 Å². The molecule has 0 amide bonds. The minimum atomic E-state index is -0.681. The largest absolute Gasteiger partial charge is 0.384 e. The van der Waals surface area contributed by atoms with Gasteiger partial charge in [0, 0.05) is 0 Å². The van der Waals surface area contributed by atoms with Crippen molar-refractivity contribution >= 4 is 0 Å². The van der Waals surface area contributed by atoms with Crippen LogP contribution in [0.2, 0.25) is 0 Å². The van der Waals surface area contributed by atoms with Crippen LogP contribution < -0.4 is 5.32 Å². The molecule has 0 spiro atoms. The molecule has 78 valence electrons. The first-order valence-corrected chi connectivity index (χ1v) is 5.02. The van der Waals surface area contributed by atoms with E-state index < -0.39 is 6.10 Å². The van der Waals surface area contributed by atoms with Gasteiger partial charge in [-0.05, 0) is 26.3 Å². The average molecular weight is 197 g/mol. The van der Waals surface area contributed by atoms with E-state index >= 15 is 0 Å². The summed E-state index contributed by atoms with van der Waals surface area (Å²) < 4.78 is 4.93. The van der Waals surface area contributed by atoms with Crippen molar-refractivity contribution in [1.29, 1.82) is 0 Å². The molecule has 1 aromatic heterocycles. The second-order valence-electron chi connectivity index (χ2n) is 3.67. The first-order chi connectivity index (χ1) is 6.77. The van der Waals surface area contributed by atoms with E-state index in [9.17, 15) is 5.11 Å². The summed E-state index contributed by atoms with van der Waals surface area (Å²) >= 11 is 0. The SMILES string of the molecule is C[C@H](O)c1nc(C2CCCCN2)no1. The lowest BCUT2D eigenvalue weighted by Crippen LogP contribution is -2.27. The third kappa shape index (κ3) is 1.93. The number of nitrogens with zero attached hydrogens (tertiary/aromatic N) is 2. The van der Waals surface area contributed by atoms with Gasteiger partial charge in [-0.3, -0.25) is 0 Å². The van der Waals surface area contributed by atoms with E-state index in [-0.39, 0.29) is 6.04 Å². The lowest BCUT2D eigenvalue weighted by atomic mass is 10.0. The first kappa shape index (κ1) is 9.61. The van der Waals surface area contributed by atoms with Crippen LogP contribution in [0.5, 0.6) is 0 Å². The molecule has 1 aromatic rings. The van der Waals surface area contributed by atoms with Crippen LogP contribution in [0.3, 0.4) is 0 Å². The van der Waals surface area contributed by atoms with Crippen molar-refractivity contribution in [3.63, 3.8) is 0 Å². The van der Waals surface area contributed by atoms with Gasteiger partial charge in [0.25, 0.3) is 5.89 Å². The van der Waals surface area contributed by atoms with Crippen LogP contribution >= 0.6 is 0 Å². The van der Waals surface area contributed by atoms with Gasteiger partial charge in [0.05, 0.1) is 6.04 Å². The van der Waals surface area contributed by atoms with Gasteiger partial charge in [0.1, 0.15) is 6.10 Å². The first-order valence-electron chi connectivity index (χ1n) is 5.02. The van der Waals surface area contributed by atoms with Crippen LogP contribution in [-0.2, 0) is 0 Å². The summed E-state index contributed by atoms with van der Waals surface area (Å²) in [6, 6.07) is 0.194. The fourth-order valence-electron chi connectivity index (χ4n) is 1.63. The lowest BCUT2D eigenvalue weighted by molar-refractivity contribution is 0.151. The predicted octanol–water partition coefficient (Wildman–Crippen LogP) is 0.938. The number of aromatic nitrogens is 2. The Bertz CT molecular complexity index is 292. The number of hydrogen-bond donors (Lipinski definition) is 2. The number of aliphatic hydroxyl groups excluding tert-OH is 1. The lowest BCUT2D eigenvalue weighted by Gasteiger charge is -2.19. The summed E-state index contributed by atoms with van der Waals surface area (Å²) in [5, 5.41) is 16.4. The van der Waals surface area contributed by atoms with E-state index in [1.165, 1.54) is 12.8 Å². The summed E-state index contributed by atoms with van der Waals surface area (Å²) in [5.74, 6) is 0.966. The fraction of sp³-hybridized carbons (Fsp3) is 0.778. The van der Waals surface area contributed by atoms with Crippen molar-refractivity contribution in [1.82, 2.24) is 15.5 Å². The number of nitrogens with one attached hydrogen (secondary N) is 1. The molecule has 0 bridgehead atoms. The maximum absolute atomic E-state index is 9.22. The normalized spacial score (nSPS) is 24.9. The molecule has 5 heteroatoms. The van der Waals surface area contributed by atoms with Crippen molar-refractivity contribution in [2.24, 2.45) is 0 Å². The molecule has 1 fully saturated rings. The Morgan fingerprint density at radius 1 is 1.57 bits per heavy atom. The van der Waals surface area contributed by atoms with Gasteiger partial charge >= 0.3 is 0 Å². The van der Waals surface area contributed by atoms with E-state index in [4.69, 9.17) is 4.52 Å². The number of rotatable bonds is 2. The van der Waals surface area contributed by atoms with Gasteiger partial charge in [0.15, 0.2) is 5.82 Å². The van der Waals surface area contributed by atoms with Crippen molar-refractivity contribution in [3.05, 3.63) is 11.7 Å². The highest BCUT2D eigenvalue weighted by molar-refractivity contribution is 4.96. The average Bonchev–Trinajstić information content (AvgIpc) is 2.68. The zero-order valence-corrected chi connectivity index (χ0v) is 8.23. The third-order valence-corrected chi connectivity index (χ3v) is 2.44. The van der Waals surface area contributed by atoms with Crippen LogP contribution in [0.25, 0.3) is 0 Å². The Kier molecular flexibility index (Phi) is 2.79. The summed E-state index contributed by atoms with van der Waals surface area (Å²) in [5.41, 5.74) is 0. The van der Waals surface area contributed by atoms with E-state index in [1.54, 1.807) is 6.92 Å². The highest BCUT2D eigenvalue weighted by Crippen LogP contribution is 2.21. The van der Waals surface area contributed by atoms with E-state index in [1.807, 2.05) is 0 Å². The van der Waals surface area contributed by atoms with Crippen molar-refractivity contribution in [2.45, 2.75) is 38.3 Å². The van der Waals surface area contributed by atoms with Crippen molar-refractivity contribution in [3.8, 4) is 0 Å². The Morgan fingerprint density at radius 2 is 2.43 bits per heavy atom. The Balaban J connectivity index is 2.07. The molecule has 2 atom stereocenters. The van der Waals surface area contributed by atoms with E-state index in [2.05, 4.69) is 15.5 Å². The van der Waals surface area contributed by atoms with Gasteiger partial charge in [-0.1, -0.05) is 11.6 Å². The molecule has 0 radical (unpaired) electrons. The molecule has 1 saturated heterocycles. The van der Waals surface area contributed by atoms with Crippen LogP contribution in [0, 0.1) is 0 Å². The number of aliphatic hydroxyl groups is 1. The highest BCUT2D eigenvalue weighted by atomic mass is 16.5. The van der Waals surface area contributed by atoms with Crippen molar-refractivity contribution < 1.29 is 9.63 Å². The second-order valence-corrected chi connectivity index (χ2v) is 3.67. The van der Waals surface area contributed by atoms with Gasteiger partial charge in [-0.25, -0.2) is 0 Å². The molecule has 0 aliphatic carbocycles. The zero-order chi connectivity index (χ0) is 9.97. The molecule has 5 nitrogen and oxygen atoms in total. The molecule has 2 N–H and O–H groups in total. The minimum absolute atomic E-state index is 0.194. The minimum Gasteiger partial charge on any atom is -0.384 e. The smallest absolute Gasteiger partial charge is 0.255 e. The maximum atomic E-state index is 9.22. The third-order valence-electron chi connectivity index (χ3n) is 2.44. The molecule has 2 heterocycles. The summed E-state index contributed by atoms with van der Waals surface area (Å²) in [6.45, 7) is 2.62. The van der Waals surface area contributed by atoms with Crippen LogP contribution in [0.1, 0.15) is 50.0 Å². The zero-order valence-electron chi connectivity index (χ0n) is 8.23. The standard InChI is InChI=1S/C9H15N3O2/c1-6(13)9-11-8(12-14-9)7-4-2-3-5-10-7/h6-7,10,13H,2-5H2,1H3/t6-,7?/m0/s1. The Hall–Kier alpha value is -0.940. The van der Waals surface area contributed by atoms with Gasteiger partial charge in [-0.2, -0.15) is 4.98 Å². The highest BCUT2D eigenvalue weighted by Gasteiger charge is 2.21. The van der Waals surface area contributed by atoms with E-state index in [0.717, 1.165) is 13.0 Å². The quantitative estimate of drug-likeness (QED) is 0.738. The number of hydrogen-bond acceptors (Lipinski definition) is 5. The van der Waals surface area contributed by atoms with Gasteiger partial charge < -0.3 is 14.9 Å². The number of piperidine rings is 1. The Labute approximate surface area is 82.5 Å². The molecule has 1 aliphatic rings. The summed E-state index contributed by atoms with van der Waals surface area (Å²) in [7, 11) is 0. The molecular formula is C9H15N3O2. The predicted molar refractivity (Wildman–Crippen MR) is 49.5 cm³/mol. The monoisotopic (exact) mass is 197 g/mol. The van der Waals surface area contributed by atoms with Crippen LogP contribution in [0.15, 0.2) is 4.52 Å². The van der Waals surface area contributed by atoms with Gasteiger partial charge in [-0.15, -0.1) is 0 Å². The molecule has 0 aromatic carbocycles. The second kappa shape index (κ2) is 4.06. The fourth-order valence-corrected chi connectivity index (χ4v) is 1.63. The molecule has 14 heavy (non-hydrogen) atoms.